The molecule has 1 N–H and O–H groups in total. The van der Waals surface area contributed by atoms with Crippen molar-refractivity contribution in [3.05, 3.63) is 24.2 Å². The third-order valence-corrected chi connectivity index (χ3v) is 4.32. The number of hydrogen-bond donors (Lipinski definition) is 1. The van der Waals surface area contributed by atoms with E-state index < -0.39 is 0 Å². The van der Waals surface area contributed by atoms with E-state index in [1.165, 1.54) is 25.9 Å². The van der Waals surface area contributed by atoms with Gasteiger partial charge in [0.1, 0.15) is 5.76 Å². The van der Waals surface area contributed by atoms with Crippen molar-refractivity contribution >= 4 is 0 Å². The lowest BCUT2D eigenvalue weighted by Crippen LogP contribution is -2.48. The molecule has 1 spiro atoms. The summed E-state index contributed by atoms with van der Waals surface area (Å²) >= 11 is 0. The number of hydrogen-bond acceptors (Lipinski definition) is 3. The van der Waals surface area contributed by atoms with Gasteiger partial charge in [-0.25, -0.2) is 0 Å². The van der Waals surface area contributed by atoms with Gasteiger partial charge >= 0.3 is 0 Å². The average Bonchev–Trinajstić information content (AvgIpc) is 2.86. The van der Waals surface area contributed by atoms with E-state index in [2.05, 4.69) is 30.1 Å². The lowest BCUT2D eigenvalue weighted by molar-refractivity contribution is 0.0981. The summed E-state index contributed by atoms with van der Waals surface area (Å²) in [6.45, 7) is 9.03. The van der Waals surface area contributed by atoms with Crippen LogP contribution in [0.25, 0.3) is 0 Å². The lowest BCUT2D eigenvalue weighted by Gasteiger charge is -2.37. The van der Waals surface area contributed by atoms with E-state index in [1.807, 2.05) is 6.07 Å². The second kappa shape index (κ2) is 3.85. The fraction of sp³-hybridized carbons (Fsp3) is 0.714. The van der Waals surface area contributed by atoms with Gasteiger partial charge in [-0.05, 0) is 44.2 Å². The van der Waals surface area contributed by atoms with Crippen LogP contribution in [0, 0.1) is 5.41 Å². The van der Waals surface area contributed by atoms with E-state index in [-0.39, 0.29) is 5.54 Å². The van der Waals surface area contributed by atoms with Gasteiger partial charge in [0.05, 0.1) is 12.8 Å². The molecule has 1 saturated carbocycles. The molecule has 3 rings (SSSR count). The Morgan fingerprint density at radius 2 is 2.18 bits per heavy atom. The predicted molar refractivity (Wildman–Crippen MR) is 67.7 cm³/mol. The van der Waals surface area contributed by atoms with Crippen LogP contribution < -0.4 is 5.32 Å². The molecule has 0 aromatic carbocycles. The lowest BCUT2D eigenvalue weighted by atomic mass is 10.0. The average molecular weight is 234 g/mol. The maximum Gasteiger partial charge on any atom is 0.117 e. The summed E-state index contributed by atoms with van der Waals surface area (Å²) in [6, 6.07) is 4.05. The van der Waals surface area contributed by atoms with Crippen molar-refractivity contribution in [1.29, 1.82) is 0 Å². The summed E-state index contributed by atoms with van der Waals surface area (Å²) in [6.07, 6.45) is 4.53. The highest BCUT2D eigenvalue weighted by atomic mass is 16.3. The Morgan fingerprint density at radius 3 is 2.82 bits per heavy atom. The van der Waals surface area contributed by atoms with Crippen LogP contribution in [0.1, 0.15) is 32.4 Å². The molecule has 1 aromatic heterocycles. The largest absolute Gasteiger partial charge is 0.468 e. The number of rotatable bonds is 2. The maximum absolute atomic E-state index is 5.50. The van der Waals surface area contributed by atoms with Gasteiger partial charge in [0.25, 0.3) is 0 Å². The number of nitrogens with zero attached hydrogens (tertiary/aromatic N) is 1. The highest BCUT2D eigenvalue weighted by Gasteiger charge is 2.47. The standard InChI is InChI=1S/C14H22N2O/c1-13(2)9-15-10-14(5-6-14)11-16(13)8-12-4-3-7-17-12/h3-4,7,15H,5-6,8-11H2,1-2H3. The van der Waals surface area contributed by atoms with Crippen molar-refractivity contribution < 1.29 is 4.42 Å². The first-order chi connectivity index (χ1) is 8.10. The third-order valence-electron chi connectivity index (χ3n) is 4.32. The zero-order valence-electron chi connectivity index (χ0n) is 10.8. The van der Waals surface area contributed by atoms with E-state index >= 15 is 0 Å². The van der Waals surface area contributed by atoms with E-state index in [4.69, 9.17) is 4.42 Å². The molecule has 2 fully saturated rings. The van der Waals surface area contributed by atoms with E-state index in [9.17, 15) is 0 Å². The zero-order valence-corrected chi connectivity index (χ0v) is 10.8. The van der Waals surface area contributed by atoms with Crippen LogP contribution in [0.15, 0.2) is 22.8 Å². The van der Waals surface area contributed by atoms with Crippen molar-refractivity contribution in [2.24, 2.45) is 5.41 Å². The first kappa shape index (κ1) is 11.3. The Bertz CT molecular complexity index is 379. The van der Waals surface area contributed by atoms with Gasteiger partial charge in [-0.1, -0.05) is 0 Å². The highest BCUT2D eigenvalue weighted by molar-refractivity contribution is 5.06. The Kier molecular flexibility index (Phi) is 2.56. The molecule has 1 aromatic rings. The Balaban J connectivity index is 1.78. The van der Waals surface area contributed by atoms with Crippen molar-refractivity contribution in [3.63, 3.8) is 0 Å². The number of nitrogens with one attached hydrogen (secondary N) is 1. The van der Waals surface area contributed by atoms with Gasteiger partial charge in [-0.3, -0.25) is 4.90 Å². The molecular weight excluding hydrogens is 212 g/mol. The Labute approximate surface area is 103 Å². The quantitative estimate of drug-likeness (QED) is 0.850. The molecule has 0 amide bonds. The highest BCUT2D eigenvalue weighted by Crippen LogP contribution is 2.47. The van der Waals surface area contributed by atoms with Crippen molar-refractivity contribution in [2.75, 3.05) is 19.6 Å². The second-order valence-electron chi connectivity index (χ2n) is 6.35. The minimum Gasteiger partial charge on any atom is -0.468 e. The van der Waals surface area contributed by atoms with Gasteiger partial charge in [-0.15, -0.1) is 0 Å². The Hall–Kier alpha value is -0.800. The van der Waals surface area contributed by atoms with Crippen LogP contribution in [-0.4, -0.2) is 30.1 Å². The molecule has 3 nitrogen and oxygen atoms in total. The van der Waals surface area contributed by atoms with E-state index in [0.29, 0.717) is 5.41 Å². The topological polar surface area (TPSA) is 28.4 Å². The van der Waals surface area contributed by atoms with Crippen LogP contribution in [0.2, 0.25) is 0 Å². The Morgan fingerprint density at radius 1 is 1.35 bits per heavy atom. The minimum absolute atomic E-state index is 0.207. The van der Waals surface area contributed by atoms with Gasteiger partial charge in [-0.2, -0.15) is 0 Å². The van der Waals surface area contributed by atoms with Crippen molar-refractivity contribution in [3.8, 4) is 0 Å². The molecule has 1 saturated heterocycles. The molecule has 1 aliphatic carbocycles. The third kappa shape index (κ3) is 2.26. The van der Waals surface area contributed by atoms with Gasteiger partial charge in [0.15, 0.2) is 0 Å². The van der Waals surface area contributed by atoms with Crippen molar-refractivity contribution in [2.45, 2.75) is 38.8 Å². The monoisotopic (exact) mass is 234 g/mol. The first-order valence-corrected chi connectivity index (χ1v) is 6.58. The molecule has 0 radical (unpaired) electrons. The number of furan rings is 1. The second-order valence-corrected chi connectivity index (χ2v) is 6.35. The molecule has 1 aliphatic heterocycles. The predicted octanol–water partition coefficient (Wildman–Crippen LogP) is 2.24. The molecule has 2 aliphatic rings. The summed E-state index contributed by atoms with van der Waals surface area (Å²) in [4.78, 5) is 2.58. The van der Waals surface area contributed by atoms with Crippen LogP contribution >= 0.6 is 0 Å². The molecule has 17 heavy (non-hydrogen) atoms. The fourth-order valence-electron chi connectivity index (χ4n) is 2.79. The van der Waals surface area contributed by atoms with Gasteiger partial charge < -0.3 is 9.73 Å². The zero-order chi connectivity index (χ0) is 11.9. The molecule has 3 heteroatoms. The maximum atomic E-state index is 5.50. The summed E-state index contributed by atoms with van der Waals surface area (Å²) in [7, 11) is 0. The molecule has 2 heterocycles. The smallest absolute Gasteiger partial charge is 0.117 e. The van der Waals surface area contributed by atoms with Gasteiger partial charge in [0, 0.05) is 25.2 Å². The fourth-order valence-corrected chi connectivity index (χ4v) is 2.79. The van der Waals surface area contributed by atoms with E-state index in [0.717, 1.165) is 18.8 Å². The normalized spacial score (nSPS) is 26.9. The molecule has 0 atom stereocenters. The molecular formula is C14H22N2O. The minimum atomic E-state index is 0.207. The van der Waals surface area contributed by atoms with Crippen LogP contribution in [0.5, 0.6) is 0 Å². The first-order valence-electron chi connectivity index (χ1n) is 6.58. The molecule has 94 valence electrons. The molecule has 0 unspecified atom stereocenters. The van der Waals surface area contributed by atoms with E-state index in [1.54, 1.807) is 6.26 Å². The van der Waals surface area contributed by atoms with Crippen LogP contribution in [-0.2, 0) is 6.54 Å². The van der Waals surface area contributed by atoms with Crippen molar-refractivity contribution in [1.82, 2.24) is 10.2 Å². The summed E-state index contributed by atoms with van der Waals surface area (Å²) in [5.41, 5.74) is 0.763. The molecule has 0 bridgehead atoms. The van der Waals surface area contributed by atoms with Crippen LogP contribution in [0.3, 0.4) is 0 Å². The SMILES string of the molecule is CC1(C)CNCC2(CC2)CN1Cc1ccco1. The summed E-state index contributed by atoms with van der Waals surface area (Å²) < 4.78 is 5.50. The summed E-state index contributed by atoms with van der Waals surface area (Å²) in [5, 5.41) is 3.63. The van der Waals surface area contributed by atoms with Gasteiger partial charge in [0.2, 0.25) is 0 Å². The summed E-state index contributed by atoms with van der Waals surface area (Å²) in [5.74, 6) is 1.08. The van der Waals surface area contributed by atoms with Crippen LogP contribution in [0.4, 0.5) is 0 Å².